The van der Waals surface area contributed by atoms with Gasteiger partial charge in [-0.15, -0.1) is 0 Å². The first-order chi connectivity index (χ1) is 8.97. The molecule has 0 aliphatic rings. The number of benzene rings is 1. The Labute approximate surface area is 120 Å². The van der Waals surface area contributed by atoms with Gasteiger partial charge in [-0.05, 0) is 54.9 Å². The van der Waals surface area contributed by atoms with E-state index in [1.807, 2.05) is 18.2 Å². The minimum absolute atomic E-state index is 0.100. The summed E-state index contributed by atoms with van der Waals surface area (Å²) in [6.45, 7) is 7.96. The number of hydrogen-bond acceptors (Lipinski definition) is 3. The zero-order chi connectivity index (χ0) is 14.4. The van der Waals surface area contributed by atoms with Crippen LogP contribution in [0.3, 0.4) is 0 Å². The first-order valence-corrected chi connectivity index (χ1v) is 7.34. The molecule has 0 aliphatic heterocycles. The number of allylic oxidation sites excluding steroid dienone is 2. The van der Waals surface area contributed by atoms with E-state index in [-0.39, 0.29) is 5.78 Å². The molecule has 0 bridgehead atoms. The molecule has 1 unspecified atom stereocenters. The Hall–Kier alpha value is -1.22. The summed E-state index contributed by atoms with van der Waals surface area (Å²) in [5.41, 5.74) is 1.20. The van der Waals surface area contributed by atoms with Crippen LogP contribution in [0.1, 0.15) is 32.8 Å². The summed E-state index contributed by atoms with van der Waals surface area (Å²) in [4.78, 5) is 13.6. The Kier molecular flexibility index (Phi) is 6.16. The molecule has 19 heavy (non-hydrogen) atoms. The van der Waals surface area contributed by atoms with Crippen LogP contribution in [0.4, 0.5) is 0 Å². The van der Waals surface area contributed by atoms with Gasteiger partial charge in [-0.2, -0.15) is 0 Å². The van der Waals surface area contributed by atoms with Crippen LogP contribution in [0.5, 0.6) is 5.75 Å². The van der Waals surface area contributed by atoms with E-state index in [0.717, 1.165) is 22.0 Å². The molecule has 0 aliphatic carbocycles. The normalized spacial score (nSPS) is 13.2. The molecule has 1 rings (SSSR count). The lowest BCUT2D eigenvalue weighted by Crippen LogP contribution is -1.98. The van der Waals surface area contributed by atoms with E-state index in [4.69, 9.17) is 4.74 Å². The average molecular weight is 278 g/mol. The van der Waals surface area contributed by atoms with Crippen LogP contribution < -0.4 is 4.74 Å². The van der Waals surface area contributed by atoms with Gasteiger partial charge in [0.25, 0.3) is 0 Å². The van der Waals surface area contributed by atoms with Crippen molar-refractivity contribution >= 4 is 17.5 Å². The summed E-state index contributed by atoms with van der Waals surface area (Å²) in [5, 5.41) is 0. The van der Waals surface area contributed by atoms with Gasteiger partial charge in [0.15, 0.2) is 5.78 Å². The highest BCUT2D eigenvalue weighted by atomic mass is 32.2. The third-order valence-corrected chi connectivity index (χ3v) is 4.48. The van der Waals surface area contributed by atoms with Crippen molar-refractivity contribution < 1.29 is 9.53 Å². The molecular formula is C16H22O2S. The summed E-state index contributed by atoms with van der Waals surface area (Å²) in [6, 6.07) is 6.02. The van der Waals surface area contributed by atoms with Crippen molar-refractivity contribution in [3.05, 3.63) is 34.7 Å². The van der Waals surface area contributed by atoms with Crippen LogP contribution in [0.25, 0.3) is 0 Å². The maximum Gasteiger partial charge on any atom is 0.153 e. The fourth-order valence-corrected chi connectivity index (χ4v) is 2.87. The number of carbonyl (C=O) groups is 1. The lowest BCUT2D eigenvalue weighted by molar-refractivity contribution is -0.112. The molecule has 0 radical (unpaired) electrons. The highest BCUT2D eigenvalue weighted by molar-refractivity contribution is 8.03. The lowest BCUT2D eigenvalue weighted by Gasteiger charge is -2.15. The largest absolute Gasteiger partial charge is 0.497 e. The van der Waals surface area contributed by atoms with E-state index in [1.165, 1.54) is 5.56 Å². The Morgan fingerprint density at radius 3 is 2.68 bits per heavy atom. The minimum Gasteiger partial charge on any atom is -0.497 e. The van der Waals surface area contributed by atoms with Crippen LogP contribution >= 0.6 is 11.8 Å². The summed E-state index contributed by atoms with van der Waals surface area (Å²) in [6.07, 6.45) is 2.77. The van der Waals surface area contributed by atoms with E-state index in [2.05, 4.69) is 20.8 Å². The number of carbonyl (C=O) groups excluding carboxylic acids is 1. The van der Waals surface area contributed by atoms with E-state index in [0.29, 0.717) is 5.92 Å². The van der Waals surface area contributed by atoms with Crippen molar-refractivity contribution in [2.45, 2.75) is 39.0 Å². The smallest absolute Gasteiger partial charge is 0.153 e. The number of aryl methyl sites for hydroxylation is 1. The fourth-order valence-electron chi connectivity index (χ4n) is 1.62. The van der Waals surface area contributed by atoms with Gasteiger partial charge in [-0.25, -0.2) is 0 Å². The molecule has 0 aromatic heterocycles. The number of rotatable bonds is 6. The summed E-state index contributed by atoms with van der Waals surface area (Å²) in [5.74, 6) is 1.34. The van der Waals surface area contributed by atoms with E-state index >= 15 is 0 Å². The molecule has 1 aromatic rings. The molecule has 0 fully saturated rings. The second-order valence-electron chi connectivity index (χ2n) is 4.70. The minimum atomic E-state index is 0.100. The predicted octanol–water partition coefficient (Wildman–Crippen LogP) is 4.61. The van der Waals surface area contributed by atoms with Crippen LogP contribution in [0, 0.1) is 12.8 Å². The lowest BCUT2D eigenvalue weighted by atomic mass is 10.1. The van der Waals surface area contributed by atoms with Crippen molar-refractivity contribution in [3.8, 4) is 5.75 Å². The number of hydrogen-bond donors (Lipinski definition) is 0. The molecule has 3 heteroatoms. The van der Waals surface area contributed by atoms with Crippen LogP contribution in [-0.4, -0.2) is 12.9 Å². The fraction of sp³-hybridized carbons (Fsp3) is 0.438. The van der Waals surface area contributed by atoms with Gasteiger partial charge in [0.2, 0.25) is 0 Å². The molecule has 104 valence electrons. The van der Waals surface area contributed by atoms with Crippen molar-refractivity contribution in [1.29, 1.82) is 0 Å². The molecule has 0 heterocycles. The van der Waals surface area contributed by atoms with Gasteiger partial charge in [0.05, 0.1) is 7.11 Å². The van der Waals surface area contributed by atoms with Gasteiger partial charge < -0.3 is 4.74 Å². The van der Waals surface area contributed by atoms with Crippen molar-refractivity contribution in [2.24, 2.45) is 5.92 Å². The zero-order valence-corrected chi connectivity index (χ0v) is 13.1. The van der Waals surface area contributed by atoms with Gasteiger partial charge in [0, 0.05) is 4.90 Å². The Morgan fingerprint density at radius 1 is 1.47 bits per heavy atom. The molecular weight excluding hydrogens is 256 g/mol. The third kappa shape index (κ3) is 4.75. The molecule has 0 saturated heterocycles. The standard InChI is InChI=1S/C16H22O2S/c1-6-11(2)15(9-13(4)17)19-16-10-14(18-5)8-7-12(16)3/h7-11H,6H2,1-5H3/b15-9-. The number of methoxy groups -OCH3 is 1. The SMILES string of the molecule is CCC(C)/C(=C/C(C)=O)Sc1cc(OC)ccc1C. The van der Waals surface area contributed by atoms with Crippen molar-refractivity contribution in [1.82, 2.24) is 0 Å². The molecule has 0 saturated carbocycles. The Morgan fingerprint density at radius 2 is 2.16 bits per heavy atom. The highest BCUT2D eigenvalue weighted by Gasteiger charge is 2.12. The summed E-state index contributed by atoms with van der Waals surface area (Å²) >= 11 is 1.67. The van der Waals surface area contributed by atoms with E-state index in [9.17, 15) is 4.79 Å². The highest BCUT2D eigenvalue weighted by Crippen LogP contribution is 2.36. The van der Waals surface area contributed by atoms with Crippen molar-refractivity contribution in [3.63, 3.8) is 0 Å². The quantitative estimate of drug-likeness (QED) is 0.561. The number of ketones is 1. The predicted molar refractivity (Wildman–Crippen MR) is 81.8 cm³/mol. The molecule has 2 nitrogen and oxygen atoms in total. The van der Waals surface area contributed by atoms with Gasteiger partial charge in [-0.1, -0.05) is 31.7 Å². The van der Waals surface area contributed by atoms with Crippen LogP contribution in [0.15, 0.2) is 34.1 Å². The van der Waals surface area contributed by atoms with Gasteiger partial charge in [0.1, 0.15) is 5.75 Å². The van der Waals surface area contributed by atoms with Gasteiger partial charge >= 0.3 is 0 Å². The number of ether oxygens (including phenoxy) is 1. The molecule has 1 aromatic carbocycles. The molecule has 1 atom stereocenters. The van der Waals surface area contributed by atoms with Crippen molar-refractivity contribution in [2.75, 3.05) is 7.11 Å². The third-order valence-electron chi connectivity index (χ3n) is 3.07. The van der Waals surface area contributed by atoms with E-state index in [1.54, 1.807) is 31.9 Å². The first kappa shape index (κ1) is 15.8. The first-order valence-electron chi connectivity index (χ1n) is 6.52. The monoisotopic (exact) mass is 278 g/mol. The molecule has 0 amide bonds. The topological polar surface area (TPSA) is 26.3 Å². The molecule has 0 N–H and O–H groups in total. The molecule has 0 spiro atoms. The average Bonchev–Trinajstić information content (AvgIpc) is 2.38. The Balaban J connectivity index is 3.05. The maximum atomic E-state index is 11.4. The van der Waals surface area contributed by atoms with Gasteiger partial charge in [-0.3, -0.25) is 4.79 Å². The Bertz CT molecular complexity index is 478. The summed E-state index contributed by atoms with van der Waals surface area (Å²) in [7, 11) is 1.67. The maximum absolute atomic E-state index is 11.4. The summed E-state index contributed by atoms with van der Waals surface area (Å²) < 4.78 is 5.26. The van der Waals surface area contributed by atoms with Crippen LogP contribution in [0.2, 0.25) is 0 Å². The second-order valence-corrected chi connectivity index (χ2v) is 5.82. The number of thioether (sulfide) groups is 1. The van der Waals surface area contributed by atoms with Crippen LogP contribution in [-0.2, 0) is 4.79 Å². The van der Waals surface area contributed by atoms with E-state index < -0.39 is 0 Å². The second kappa shape index (κ2) is 7.39. The zero-order valence-electron chi connectivity index (χ0n) is 12.3.